The van der Waals surface area contributed by atoms with E-state index >= 15 is 0 Å². The molecule has 1 nitrogen and oxygen atoms in total. The summed E-state index contributed by atoms with van der Waals surface area (Å²) in [6.45, 7) is 2.14. The van der Waals surface area contributed by atoms with Gasteiger partial charge in [0, 0.05) is 12.8 Å². The van der Waals surface area contributed by atoms with Gasteiger partial charge in [-0.25, -0.2) is 0 Å². The zero-order valence-corrected chi connectivity index (χ0v) is 9.42. The molecule has 16 heavy (non-hydrogen) atoms. The summed E-state index contributed by atoms with van der Waals surface area (Å²) in [7, 11) is 0. The molecule has 0 bridgehead atoms. The molecular weight excluding hydrogens is 196 g/mol. The number of benzene rings is 2. The van der Waals surface area contributed by atoms with E-state index in [2.05, 4.69) is 37.3 Å². The smallest absolute Gasteiger partial charge is 0.137 e. The van der Waals surface area contributed by atoms with Crippen LogP contribution in [0, 0.1) is 6.92 Å². The zero-order valence-electron chi connectivity index (χ0n) is 9.42. The van der Waals surface area contributed by atoms with Crippen molar-refractivity contribution in [2.45, 2.75) is 26.2 Å². The number of hydrogen-bond donors (Lipinski definition) is 0. The van der Waals surface area contributed by atoms with Gasteiger partial charge in [0.15, 0.2) is 0 Å². The number of carbonyl (C=O) groups excluding carboxylic acids is 1. The quantitative estimate of drug-likeness (QED) is 0.652. The second-order valence-corrected chi connectivity index (χ2v) is 4.58. The molecule has 0 fully saturated rings. The molecule has 0 atom stereocenters. The van der Waals surface area contributed by atoms with Crippen LogP contribution in [0.2, 0.25) is 0 Å². The van der Waals surface area contributed by atoms with Gasteiger partial charge in [0.25, 0.3) is 0 Å². The van der Waals surface area contributed by atoms with Gasteiger partial charge in [0.2, 0.25) is 0 Å². The Morgan fingerprint density at radius 3 is 2.81 bits per heavy atom. The van der Waals surface area contributed by atoms with Gasteiger partial charge in [0.05, 0.1) is 0 Å². The van der Waals surface area contributed by atoms with Crippen LogP contribution in [0.3, 0.4) is 0 Å². The maximum absolute atomic E-state index is 11.5. The highest BCUT2D eigenvalue weighted by Gasteiger charge is 2.18. The second kappa shape index (κ2) is 3.44. The predicted molar refractivity (Wildman–Crippen MR) is 65.7 cm³/mol. The monoisotopic (exact) mass is 210 g/mol. The molecule has 2 aromatic rings. The van der Waals surface area contributed by atoms with E-state index in [9.17, 15) is 4.79 Å². The largest absolute Gasteiger partial charge is 0.299 e. The zero-order chi connectivity index (χ0) is 11.1. The summed E-state index contributed by atoms with van der Waals surface area (Å²) >= 11 is 0. The molecule has 0 heterocycles. The molecule has 1 heteroatoms. The Morgan fingerprint density at radius 1 is 1.12 bits per heavy atom. The van der Waals surface area contributed by atoms with Crippen LogP contribution in [0.1, 0.15) is 23.1 Å². The first-order valence-corrected chi connectivity index (χ1v) is 5.77. The molecule has 1 aliphatic rings. The van der Waals surface area contributed by atoms with Crippen LogP contribution in [0.25, 0.3) is 10.8 Å². The van der Waals surface area contributed by atoms with Crippen LogP contribution in [-0.4, -0.2) is 5.78 Å². The molecule has 0 aliphatic heterocycles. The number of Topliss-reactive ketones (excluding diaryl/α,β-unsaturated/α-hetero) is 1. The van der Waals surface area contributed by atoms with Crippen LogP contribution >= 0.6 is 0 Å². The Hall–Kier alpha value is -1.63. The minimum absolute atomic E-state index is 0.380. The fraction of sp³-hybridized carbons (Fsp3) is 0.267. The highest BCUT2D eigenvalue weighted by atomic mass is 16.1. The van der Waals surface area contributed by atoms with Gasteiger partial charge in [-0.05, 0) is 40.8 Å². The normalized spacial score (nSPS) is 15.2. The average molecular weight is 210 g/mol. The van der Waals surface area contributed by atoms with Crippen LogP contribution < -0.4 is 0 Å². The third-order valence-corrected chi connectivity index (χ3v) is 3.58. The fourth-order valence-corrected chi connectivity index (χ4v) is 2.67. The lowest BCUT2D eigenvalue weighted by Gasteiger charge is -2.19. The molecular formula is C15H14O. The van der Waals surface area contributed by atoms with Crippen molar-refractivity contribution in [1.29, 1.82) is 0 Å². The van der Waals surface area contributed by atoms with E-state index in [-0.39, 0.29) is 0 Å². The highest BCUT2D eigenvalue weighted by Crippen LogP contribution is 2.29. The van der Waals surface area contributed by atoms with Gasteiger partial charge < -0.3 is 0 Å². The predicted octanol–water partition coefficient (Wildman–Crippen LogP) is 3.21. The molecule has 0 N–H and O–H groups in total. The average Bonchev–Trinajstić information content (AvgIpc) is 2.31. The van der Waals surface area contributed by atoms with Crippen LogP contribution in [-0.2, 0) is 17.6 Å². The van der Waals surface area contributed by atoms with Crippen molar-refractivity contribution in [2.24, 2.45) is 0 Å². The molecule has 0 saturated heterocycles. The van der Waals surface area contributed by atoms with Crippen molar-refractivity contribution >= 4 is 16.6 Å². The summed E-state index contributed by atoms with van der Waals surface area (Å²) in [5.74, 6) is 0.380. The van der Waals surface area contributed by atoms with Gasteiger partial charge in [-0.1, -0.05) is 30.3 Å². The Balaban J connectivity index is 2.33. The van der Waals surface area contributed by atoms with Crippen molar-refractivity contribution in [3.05, 3.63) is 47.0 Å². The Kier molecular flexibility index (Phi) is 2.06. The van der Waals surface area contributed by atoms with Crippen molar-refractivity contribution in [3.63, 3.8) is 0 Å². The third kappa shape index (κ3) is 1.35. The molecule has 0 aromatic heterocycles. The topological polar surface area (TPSA) is 17.1 Å². The number of rotatable bonds is 0. The molecule has 0 saturated carbocycles. The van der Waals surface area contributed by atoms with E-state index < -0.39 is 0 Å². The van der Waals surface area contributed by atoms with Gasteiger partial charge in [-0.2, -0.15) is 0 Å². The fourth-order valence-electron chi connectivity index (χ4n) is 2.67. The maximum Gasteiger partial charge on any atom is 0.137 e. The molecule has 0 spiro atoms. The van der Waals surface area contributed by atoms with Crippen molar-refractivity contribution in [2.75, 3.05) is 0 Å². The Morgan fingerprint density at radius 2 is 1.94 bits per heavy atom. The minimum Gasteiger partial charge on any atom is -0.299 e. The highest BCUT2D eigenvalue weighted by molar-refractivity contribution is 5.91. The van der Waals surface area contributed by atoms with Crippen molar-refractivity contribution < 1.29 is 4.79 Å². The van der Waals surface area contributed by atoms with Crippen LogP contribution in [0.4, 0.5) is 0 Å². The lowest BCUT2D eigenvalue weighted by molar-refractivity contribution is -0.118. The third-order valence-electron chi connectivity index (χ3n) is 3.58. The molecule has 1 aliphatic carbocycles. The first-order valence-electron chi connectivity index (χ1n) is 5.77. The number of fused-ring (bicyclic) bond motifs is 2. The lowest BCUT2D eigenvalue weighted by atomic mass is 9.85. The first kappa shape index (κ1) is 9.59. The van der Waals surface area contributed by atoms with Crippen LogP contribution in [0.15, 0.2) is 30.3 Å². The molecule has 2 aromatic carbocycles. The molecule has 80 valence electrons. The molecule has 0 radical (unpaired) electrons. The first-order chi connectivity index (χ1) is 7.75. The SMILES string of the molecule is Cc1c2c(cc3ccccc13)CCC(=O)C2. The summed E-state index contributed by atoms with van der Waals surface area (Å²) in [5.41, 5.74) is 3.94. The van der Waals surface area contributed by atoms with Gasteiger partial charge in [0.1, 0.15) is 5.78 Å². The Bertz CT molecular complexity index is 581. The van der Waals surface area contributed by atoms with E-state index in [1.54, 1.807) is 0 Å². The number of carbonyl (C=O) groups is 1. The second-order valence-electron chi connectivity index (χ2n) is 4.58. The summed E-state index contributed by atoms with van der Waals surface area (Å²) in [4.78, 5) is 11.5. The van der Waals surface area contributed by atoms with E-state index in [1.807, 2.05) is 0 Å². The number of ketones is 1. The van der Waals surface area contributed by atoms with Gasteiger partial charge in [-0.3, -0.25) is 4.79 Å². The van der Waals surface area contributed by atoms with E-state index in [4.69, 9.17) is 0 Å². The Labute approximate surface area is 95.1 Å². The summed E-state index contributed by atoms with van der Waals surface area (Å²) in [6.07, 6.45) is 2.26. The van der Waals surface area contributed by atoms with Crippen molar-refractivity contribution in [3.8, 4) is 0 Å². The van der Waals surface area contributed by atoms with E-state index in [1.165, 1.54) is 27.5 Å². The summed E-state index contributed by atoms with van der Waals surface area (Å²) in [5, 5.41) is 2.59. The van der Waals surface area contributed by atoms with Crippen molar-refractivity contribution in [1.82, 2.24) is 0 Å². The summed E-state index contributed by atoms with van der Waals surface area (Å²) < 4.78 is 0. The lowest BCUT2D eigenvalue weighted by Crippen LogP contribution is -2.14. The van der Waals surface area contributed by atoms with Crippen LogP contribution in [0.5, 0.6) is 0 Å². The summed E-state index contributed by atoms with van der Waals surface area (Å²) in [6, 6.07) is 10.7. The molecule has 3 rings (SSSR count). The number of hydrogen-bond acceptors (Lipinski definition) is 1. The van der Waals surface area contributed by atoms with E-state index in [0.29, 0.717) is 18.6 Å². The van der Waals surface area contributed by atoms with E-state index in [0.717, 1.165) is 6.42 Å². The van der Waals surface area contributed by atoms with Gasteiger partial charge in [-0.15, -0.1) is 0 Å². The number of aryl methyl sites for hydroxylation is 2. The molecule has 0 unspecified atom stereocenters. The standard InChI is InChI=1S/C15H14O/c1-10-14-5-3-2-4-11(14)8-12-6-7-13(16)9-15(10)12/h2-5,8H,6-7,9H2,1H3. The maximum atomic E-state index is 11.5. The minimum atomic E-state index is 0.380. The molecule has 0 amide bonds. The van der Waals surface area contributed by atoms with Gasteiger partial charge >= 0.3 is 0 Å².